The Morgan fingerprint density at radius 3 is 2.41 bits per heavy atom. The summed E-state index contributed by atoms with van der Waals surface area (Å²) < 4.78 is 39.0. The van der Waals surface area contributed by atoms with E-state index < -0.39 is 53.6 Å². The van der Waals surface area contributed by atoms with E-state index in [1.54, 1.807) is 0 Å². The first kappa shape index (κ1) is 17.3. The Labute approximate surface area is 123 Å². The topological polar surface area (TPSA) is 113 Å². The summed E-state index contributed by atoms with van der Waals surface area (Å²) in [6, 6.07) is -0.419. The molecule has 120 valence electrons. The molecule has 5 N–H and O–H groups in total. The van der Waals surface area contributed by atoms with Gasteiger partial charge < -0.3 is 21.7 Å². The molecule has 22 heavy (non-hydrogen) atoms. The fraction of sp³-hybridized carbons (Fsp3) is 0.250. The fourth-order valence-electron chi connectivity index (χ4n) is 1.42. The van der Waals surface area contributed by atoms with E-state index in [4.69, 9.17) is 5.73 Å². The highest BCUT2D eigenvalue weighted by Crippen LogP contribution is 2.19. The Kier molecular flexibility index (Phi) is 5.72. The first-order chi connectivity index (χ1) is 10.2. The number of amides is 4. The monoisotopic (exact) mass is 318 g/mol. The average molecular weight is 318 g/mol. The molecule has 1 unspecified atom stereocenters. The third kappa shape index (κ3) is 4.65. The van der Waals surface area contributed by atoms with Crippen molar-refractivity contribution in [2.45, 2.75) is 13.0 Å². The van der Waals surface area contributed by atoms with Gasteiger partial charge in [0.15, 0.2) is 17.5 Å². The zero-order valence-electron chi connectivity index (χ0n) is 11.4. The van der Waals surface area contributed by atoms with E-state index in [0.717, 1.165) is 6.07 Å². The maximum absolute atomic E-state index is 13.3. The van der Waals surface area contributed by atoms with Gasteiger partial charge in [-0.05, 0) is 19.1 Å². The molecular weight excluding hydrogens is 305 g/mol. The first-order valence-corrected chi connectivity index (χ1v) is 5.99. The molecule has 0 aliphatic heterocycles. The molecule has 0 saturated heterocycles. The maximum Gasteiger partial charge on any atom is 0.312 e. The normalized spacial score (nSPS) is 11.5. The lowest BCUT2D eigenvalue weighted by Crippen LogP contribution is -2.48. The number of benzene rings is 1. The number of carbonyl (C=O) groups excluding carboxylic acids is 3. The van der Waals surface area contributed by atoms with Gasteiger partial charge in [0.25, 0.3) is 0 Å². The lowest BCUT2D eigenvalue weighted by atomic mass is 10.2. The molecule has 0 aliphatic rings. The van der Waals surface area contributed by atoms with Crippen LogP contribution in [0.25, 0.3) is 0 Å². The van der Waals surface area contributed by atoms with E-state index >= 15 is 0 Å². The van der Waals surface area contributed by atoms with Gasteiger partial charge in [-0.2, -0.15) is 0 Å². The third-order valence-corrected chi connectivity index (χ3v) is 2.48. The number of anilines is 1. The highest BCUT2D eigenvalue weighted by Gasteiger charge is 2.17. The lowest BCUT2D eigenvalue weighted by molar-refractivity contribution is -0.125. The van der Waals surface area contributed by atoms with Crippen molar-refractivity contribution in [3.05, 3.63) is 29.6 Å². The van der Waals surface area contributed by atoms with E-state index in [1.165, 1.54) is 6.92 Å². The van der Waals surface area contributed by atoms with E-state index in [0.29, 0.717) is 6.07 Å². The SMILES string of the molecule is CC(NC(N)=O)C(=O)NCC(=O)Nc1ccc(F)c(F)c1F. The van der Waals surface area contributed by atoms with Gasteiger partial charge in [-0.25, -0.2) is 18.0 Å². The molecule has 0 fully saturated rings. The molecule has 4 amide bonds. The number of carbonyl (C=O) groups is 3. The smallest absolute Gasteiger partial charge is 0.312 e. The van der Waals surface area contributed by atoms with Crippen LogP contribution < -0.4 is 21.7 Å². The number of hydrogen-bond donors (Lipinski definition) is 4. The van der Waals surface area contributed by atoms with Crippen molar-refractivity contribution in [3.8, 4) is 0 Å². The summed E-state index contributed by atoms with van der Waals surface area (Å²) >= 11 is 0. The molecule has 0 aromatic heterocycles. The zero-order valence-corrected chi connectivity index (χ0v) is 11.4. The minimum Gasteiger partial charge on any atom is -0.352 e. The molecule has 1 aromatic rings. The second kappa shape index (κ2) is 7.29. The minimum atomic E-state index is -1.72. The Morgan fingerprint density at radius 1 is 1.18 bits per heavy atom. The number of hydrogen-bond acceptors (Lipinski definition) is 3. The summed E-state index contributed by atoms with van der Waals surface area (Å²) in [7, 11) is 0. The minimum absolute atomic E-state index is 0.567. The molecule has 0 radical (unpaired) electrons. The summed E-state index contributed by atoms with van der Waals surface area (Å²) in [6.07, 6.45) is 0. The molecule has 0 saturated carbocycles. The number of primary amides is 1. The van der Waals surface area contributed by atoms with Gasteiger partial charge in [0.05, 0.1) is 12.2 Å². The van der Waals surface area contributed by atoms with Crippen molar-refractivity contribution in [2.24, 2.45) is 5.73 Å². The highest BCUT2D eigenvalue weighted by molar-refractivity contribution is 5.95. The van der Waals surface area contributed by atoms with Crippen LogP contribution in [-0.2, 0) is 9.59 Å². The molecular formula is C12H13F3N4O3. The maximum atomic E-state index is 13.3. The Bertz CT molecular complexity index is 610. The largest absolute Gasteiger partial charge is 0.352 e. The number of nitrogens with two attached hydrogens (primary N) is 1. The molecule has 0 heterocycles. The molecule has 10 heteroatoms. The molecule has 1 aromatic carbocycles. The highest BCUT2D eigenvalue weighted by atomic mass is 19.2. The van der Waals surface area contributed by atoms with Gasteiger partial charge in [0.2, 0.25) is 11.8 Å². The summed E-state index contributed by atoms with van der Waals surface area (Å²) in [5, 5.41) is 6.19. The molecule has 0 spiro atoms. The van der Waals surface area contributed by atoms with Gasteiger partial charge in [-0.1, -0.05) is 0 Å². The van der Waals surface area contributed by atoms with Gasteiger partial charge in [-0.3, -0.25) is 9.59 Å². The molecule has 1 rings (SSSR count). The van der Waals surface area contributed by atoms with Crippen LogP contribution in [0, 0.1) is 17.5 Å². The first-order valence-electron chi connectivity index (χ1n) is 5.99. The zero-order chi connectivity index (χ0) is 16.9. The second-order valence-corrected chi connectivity index (χ2v) is 4.22. The summed E-state index contributed by atoms with van der Waals surface area (Å²) in [4.78, 5) is 33.5. The van der Waals surface area contributed by atoms with Crippen LogP contribution in [0.3, 0.4) is 0 Å². The van der Waals surface area contributed by atoms with Crippen molar-refractivity contribution >= 4 is 23.5 Å². The summed E-state index contributed by atoms with van der Waals surface area (Å²) in [5.41, 5.74) is 4.25. The van der Waals surface area contributed by atoms with Gasteiger partial charge in [0, 0.05) is 0 Å². The standard InChI is InChI=1S/C12H13F3N4O3/c1-5(18-12(16)22)11(21)17-4-8(20)19-7-3-2-6(13)9(14)10(7)15/h2-3,5H,4H2,1H3,(H,17,21)(H,19,20)(H3,16,18,22). The second-order valence-electron chi connectivity index (χ2n) is 4.22. The fourth-order valence-corrected chi connectivity index (χ4v) is 1.42. The number of urea groups is 1. The van der Waals surface area contributed by atoms with Crippen LogP contribution in [0.15, 0.2) is 12.1 Å². The Morgan fingerprint density at radius 2 is 1.82 bits per heavy atom. The van der Waals surface area contributed by atoms with Crippen molar-refractivity contribution < 1.29 is 27.6 Å². The van der Waals surface area contributed by atoms with E-state index in [-0.39, 0.29) is 0 Å². The number of rotatable bonds is 5. The Hall–Kier alpha value is -2.78. The molecule has 7 nitrogen and oxygen atoms in total. The van der Waals surface area contributed by atoms with Gasteiger partial charge in [-0.15, -0.1) is 0 Å². The number of halogens is 3. The van der Waals surface area contributed by atoms with Crippen LogP contribution in [0.4, 0.5) is 23.7 Å². The van der Waals surface area contributed by atoms with Crippen molar-refractivity contribution in [1.82, 2.24) is 10.6 Å². The van der Waals surface area contributed by atoms with Crippen LogP contribution in [0.1, 0.15) is 6.92 Å². The Balaban J connectivity index is 2.56. The van der Waals surface area contributed by atoms with E-state index in [9.17, 15) is 27.6 Å². The molecule has 0 bridgehead atoms. The molecule has 1 atom stereocenters. The molecule has 0 aliphatic carbocycles. The lowest BCUT2D eigenvalue weighted by Gasteiger charge is -2.12. The van der Waals surface area contributed by atoms with Gasteiger partial charge in [0.1, 0.15) is 6.04 Å². The quantitative estimate of drug-likeness (QED) is 0.582. The van der Waals surface area contributed by atoms with Crippen LogP contribution in [0.5, 0.6) is 0 Å². The summed E-state index contributed by atoms with van der Waals surface area (Å²) in [6.45, 7) is 0.759. The third-order valence-electron chi connectivity index (χ3n) is 2.48. The van der Waals surface area contributed by atoms with Crippen molar-refractivity contribution in [1.29, 1.82) is 0 Å². The van der Waals surface area contributed by atoms with Gasteiger partial charge >= 0.3 is 6.03 Å². The van der Waals surface area contributed by atoms with E-state index in [1.807, 2.05) is 5.32 Å². The van der Waals surface area contributed by atoms with E-state index in [2.05, 4.69) is 10.6 Å². The van der Waals surface area contributed by atoms with Crippen LogP contribution in [0.2, 0.25) is 0 Å². The van der Waals surface area contributed by atoms with Crippen LogP contribution in [-0.4, -0.2) is 30.4 Å². The van der Waals surface area contributed by atoms with Crippen molar-refractivity contribution in [2.75, 3.05) is 11.9 Å². The van der Waals surface area contributed by atoms with Crippen molar-refractivity contribution in [3.63, 3.8) is 0 Å². The summed E-state index contributed by atoms with van der Waals surface area (Å²) in [5.74, 6) is -6.25. The van der Waals surface area contributed by atoms with Crippen LogP contribution >= 0.6 is 0 Å². The predicted octanol–water partition coefficient (Wildman–Crippen LogP) is 0.215. The predicted molar refractivity (Wildman–Crippen MR) is 70.1 cm³/mol. The number of nitrogens with one attached hydrogen (secondary N) is 3. The average Bonchev–Trinajstić information content (AvgIpc) is 2.44.